The van der Waals surface area contributed by atoms with Crippen molar-refractivity contribution in [3.8, 4) is 5.75 Å². The van der Waals surface area contributed by atoms with Crippen molar-refractivity contribution in [2.45, 2.75) is 17.9 Å². The molecule has 0 unspecified atom stereocenters. The Balaban J connectivity index is 2.04. The summed E-state index contributed by atoms with van der Waals surface area (Å²) in [4.78, 5) is 24.7. The lowest BCUT2D eigenvalue weighted by Crippen LogP contribution is -2.42. The number of benzene rings is 1. The fourth-order valence-electron chi connectivity index (χ4n) is 1.92. The van der Waals surface area contributed by atoms with Crippen LogP contribution in [-0.2, 0) is 14.6 Å². The van der Waals surface area contributed by atoms with Crippen LogP contribution in [0.1, 0.15) is 6.92 Å². The SMILES string of the molecule is C[C@@H](Oc1ccc(S(C)(=O)=O)cc1)C(=O)N1CCNC1=O. The van der Waals surface area contributed by atoms with E-state index in [1.807, 2.05) is 0 Å². The first-order valence-electron chi connectivity index (χ1n) is 6.35. The molecule has 0 bridgehead atoms. The molecule has 0 saturated carbocycles. The molecule has 1 aromatic rings. The van der Waals surface area contributed by atoms with Crippen LogP contribution in [0.15, 0.2) is 29.2 Å². The maximum atomic E-state index is 12.0. The molecule has 3 amide bonds. The number of amides is 3. The molecule has 114 valence electrons. The molecule has 0 aromatic heterocycles. The molecule has 8 heteroatoms. The quantitative estimate of drug-likeness (QED) is 0.869. The van der Waals surface area contributed by atoms with E-state index >= 15 is 0 Å². The molecule has 0 spiro atoms. The second kappa shape index (κ2) is 5.72. The highest BCUT2D eigenvalue weighted by molar-refractivity contribution is 7.90. The second-order valence-corrected chi connectivity index (χ2v) is 6.74. The fraction of sp³-hybridized carbons (Fsp3) is 0.385. The highest BCUT2D eigenvalue weighted by atomic mass is 32.2. The molecule has 1 atom stereocenters. The monoisotopic (exact) mass is 312 g/mol. The largest absolute Gasteiger partial charge is 0.481 e. The summed E-state index contributed by atoms with van der Waals surface area (Å²) in [5.41, 5.74) is 0. The molecule has 2 rings (SSSR count). The molecule has 21 heavy (non-hydrogen) atoms. The number of imide groups is 1. The van der Waals surface area contributed by atoms with Crippen LogP contribution >= 0.6 is 0 Å². The number of sulfone groups is 1. The lowest BCUT2D eigenvalue weighted by atomic mass is 10.3. The highest BCUT2D eigenvalue weighted by Gasteiger charge is 2.30. The van der Waals surface area contributed by atoms with Crippen LogP contribution in [0.25, 0.3) is 0 Å². The number of ether oxygens (including phenoxy) is 1. The van der Waals surface area contributed by atoms with Gasteiger partial charge < -0.3 is 10.1 Å². The number of hydrogen-bond donors (Lipinski definition) is 1. The maximum absolute atomic E-state index is 12.0. The van der Waals surface area contributed by atoms with Crippen LogP contribution < -0.4 is 10.1 Å². The van der Waals surface area contributed by atoms with Gasteiger partial charge in [0, 0.05) is 19.3 Å². The highest BCUT2D eigenvalue weighted by Crippen LogP contribution is 2.17. The molecule has 1 N–H and O–H groups in total. The van der Waals surface area contributed by atoms with E-state index in [4.69, 9.17) is 4.74 Å². The Morgan fingerprint density at radius 2 is 1.95 bits per heavy atom. The van der Waals surface area contributed by atoms with Gasteiger partial charge in [-0.3, -0.25) is 9.69 Å². The Kier molecular flexibility index (Phi) is 4.17. The molecule has 1 heterocycles. The molecular weight excluding hydrogens is 296 g/mol. The predicted molar refractivity (Wildman–Crippen MR) is 74.8 cm³/mol. The van der Waals surface area contributed by atoms with Crippen molar-refractivity contribution in [2.75, 3.05) is 19.3 Å². The summed E-state index contributed by atoms with van der Waals surface area (Å²) in [7, 11) is -3.27. The van der Waals surface area contributed by atoms with Crippen LogP contribution in [0, 0.1) is 0 Å². The zero-order chi connectivity index (χ0) is 15.6. The van der Waals surface area contributed by atoms with Gasteiger partial charge in [0.2, 0.25) is 0 Å². The molecule has 0 radical (unpaired) electrons. The van der Waals surface area contributed by atoms with Gasteiger partial charge in [0.1, 0.15) is 5.75 Å². The zero-order valence-corrected chi connectivity index (χ0v) is 12.5. The number of hydrogen-bond acceptors (Lipinski definition) is 5. The number of carbonyl (C=O) groups excluding carboxylic acids is 2. The first kappa shape index (κ1) is 15.3. The Hall–Kier alpha value is -2.09. The molecule has 1 saturated heterocycles. The number of carbonyl (C=O) groups is 2. The average molecular weight is 312 g/mol. The van der Waals surface area contributed by atoms with Crippen molar-refractivity contribution < 1.29 is 22.7 Å². The van der Waals surface area contributed by atoms with E-state index in [-0.39, 0.29) is 4.90 Å². The molecule has 1 aromatic carbocycles. The van der Waals surface area contributed by atoms with Crippen LogP contribution in [0.5, 0.6) is 5.75 Å². The van der Waals surface area contributed by atoms with Crippen molar-refractivity contribution >= 4 is 21.8 Å². The number of urea groups is 1. The summed E-state index contributed by atoms with van der Waals surface area (Å²) in [6, 6.07) is 5.34. The molecular formula is C13H16N2O5S. The van der Waals surface area contributed by atoms with Crippen LogP contribution in [-0.4, -0.2) is 50.7 Å². The Morgan fingerprint density at radius 1 is 1.33 bits per heavy atom. The van der Waals surface area contributed by atoms with E-state index in [1.54, 1.807) is 6.92 Å². The molecule has 1 aliphatic rings. The Morgan fingerprint density at radius 3 is 2.43 bits per heavy atom. The zero-order valence-electron chi connectivity index (χ0n) is 11.7. The van der Waals surface area contributed by atoms with Crippen LogP contribution in [0.3, 0.4) is 0 Å². The summed E-state index contributed by atoms with van der Waals surface area (Å²) in [5.74, 6) is -0.0694. The normalized spacial score (nSPS) is 16.5. The molecule has 0 aliphatic carbocycles. The predicted octanol–water partition coefficient (Wildman–Crippen LogP) is 0.409. The van der Waals surface area contributed by atoms with Gasteiger partial charge in [-0.25, -0.2) is 13.2 Å². The van der Waals surface area contributed by atoms with Crippen molar-refractivity contribution in [3.63, 3.8) is 0 Å². The third-order valence-corrected chi connectivity index (χ3v) is 4.16. The van der Waals surface area contributed by atoms with Crippen molar-refractivity contribution in [1.82, 2.24) is 10.2 Å². The summed E-state index contributed by atoms with van der Waals surface area (Å²) >= 11 is 0. The Labute approximate surface area is 122 Å². The standard InChI is InChI=1S/C13H16N2O5S/c1-9(12(16)15-8-7-14-13(15)17)20-10-3-5-11(6-4-10)21(2,18)19/h3-6,9H,7-8H2,1-2H3,(H,14,17)/t9-/m1/s1. The molecule has 1 fully saturated rings. The van der Waals surface area contributed by atoms with E-state index in [9.17, 15) is 18.0 Å². The number of nitrogens with zero attached hydrogens (tertiary/aromatic N) is 1. The summed E-state index contributed by atoms with van der Waals surface area (Å²) < 4.78 is 28.1. The Bertz CT molecular complexity index is 654. The van der Waals surface area contributed by atoms with Gasteiger partial charge in [-0.15, -0.1) is 0 Å². The van der Waals surface area contributed by atoms with Gasteiger partial charge in [-0.2, -0.15) is 0 Å². The van der Waals surface area contributed by atoms with E-state index in [0.717, 1.165) is 11.2 Å². The lowest BCUT2D eigenvalue weighted by molar-refractivity contribution is -0.134. The summed E-state index contributed by atoms with van der Waals surface area (Å²) in [6.45, 7) is 2.29. The van der Waals surface area contributed by atoms with Crippen LogP contribution in [0.2, 0.25) is 0 Å². The summed E-state index contributed by atoms with van der Waals surface area (Å²) in [5, 5.41) is 2.54. The lowest BCUT2D eigenvalue weighted by Gasteiger charge is -2.19. The van der Waals surface area contributed by atoms with Crippen molar-refractivity contribution in [2.24, 2.45) is 0 Å². The van der Waals surface area contributed by atoms with Gasteiger partial charge in [0.15, 0.2) is 15.9 Å². The molecule has 1 aliphatic heterocycles. The number of nitrogens with one attached hydrogen (secondary N) is 1. The van der Waals surface area contributed by atoms with Gasteiger partial charge in [-0.05, 0) is 31.2 Å². The fourth-order valence-corrected chi connectivity index (χ4v) is 2.55. The maximum Gasteiger partial charge on any atom is 0.324 e. The summed E-state index contributed by atoms with van der Waals surface area (Å²) in [6.07, 6.45) is 0.277. The minimum Gasteiger partial charge on any atom is -0.481 e. The third-order valence-electron chi connectivity index (χ3n) is 3.04. The first-order chi connectivity index (χ1) is 9.79. The van der Waals surface area contributed by atoms with Crippen molar-refractivity contribution in [1.29, 1.82) is 0 Å². The van der Waals surface area contributed by atoms with Gasteiger partial charge in [0.25, 0.3) is 5.91 Å². The van der Waals surface area contributed by atoms with Gasteiger partial charge >= 0.3 is 6.03 Å². The van der Waals surface area contributed by atoms with E-state index in [0.29, 0.717) is 18.8 Å². The minimum absolute atomic E-state index is 0.174. The van der Waals surface area contributed by atoms with Gasteiger partial charge in [-0.1, -0.05) is 0 Å². The first-order valence-corrected chi connectivity index (χ1v) is 8.24. The molecule has 7 nitrogen and oxygen atoms in total. The van der Waals surface area contributed by atoms with Crippen molar-refractivity contribution in [3.05, 3.63) is 24.3 Å². The van der Waals surface area contributed by atoms with E-state index in [2.05, 4.69) is 5.32 Å². The van der Waals surface area contributed by atoms with Crippen LogP contribution in [0.4, 0.5) is 4.79 Å². The number of rotatable bonds is 4. The third kappa shape index (κ3) is 3.52. The van der Waals surface area contributed by atoms with E-state index < -0.39 is 27.9 Å². The average Bonchev–Trinajstić information content (AvgIpc) is 2.83. The smallest absolute Gasteiger partial charge is 0.324 e. The van der Waals surface area contributed by atoms with E-state index in [1.165, 1.54) is 24.3 Å². The minimum atomic E-state index is -3.27. The second-order valence-electron chi connectivity index (χ2n) is 4.73. The topological polar surface area (TPSA) is 92.8 Å². The van der Waals surface area contributed by atoms with Gasteiger partial charge in [0.05, 0.1) is 4.90 Å².